The molecule has 2 unspecified atom stereocenters. The summed E-state index contributed by atoms with van der Waals surface area (Å²) in [5.41, 5.74) is 2.12. The lowest BCUT2D eigenvalue weighted by molar-refractivity contribution is -0.153. The van der Waals surface area contributed by atoms with Crippen molar-refractivity contribution in [1.29, 1.82) is 0 Å². The van der Waals surface area contributed by atoms with E-state index in [0.717, 1.165) is 25.1 Å². The van der Waals surface area contributed by atoms with Crippen molar-refractivity contribution in [1.82, 2.24) is 9.88 Å². The second-order valence-electron chi connectivity index (χ2n) is 7.89. The average Bonchev–Trinajstić information content (AvgIpc) is 3.13. The fourth-order valence-corrected chi connectivity index (χ4v) is 3.66. The fourth-order valence-electron chi connectivity index (χ4n) is 3.66. The van der Waals surface area contributed by atoms with E-state index in [0.29, 0.717) is 29.9 Å². The second kappa shape index (κ2) is 9.04. The van der Waals surface area contributed by atoms with Crippen LogP contribution in [0.4, 0.5) is 0 Å². The molecule has 2 heterocycles. The number of carbonyl (C=O) groups excluding carboxylic acids is 2. The van der Waals surface area contributed by atoms with Crippen LogP contribution < -0.4 is 0 Å². The molecule has 6 heteroatoms. The highest BCUT2D eigenvalue weighted by molar-refractivity contribution is 5.80. The molecular weight excluding hydrogens is 356 g/mol. The van der Waals surface area contributed by atoms with Gasteiger partial charge in [0, 0.05) is 25.1 Å². The van der Waals surface area contributed by atoms with Gasteiger partial charge >= 0.3 is 5.97 Å². The van der Waals surface area contributed by atoms with Crippen molar-refractivity contribution in [2.75, 3.05) is 19.7 Å². The summed E-state index contributed by atoms with van der Waals surface area (Å²) in [7, 11) is 0. The van der Waals surface area contributed by atoms with Crippen molar-refractivity contribution >= 4 is 11.9 Å². The number of esters is 1. The number of amides is 1. The molecule has 1 saturated heterocycles. The molecule has 1 aliphatic rings. The Morgan fingerprint density at radius 3 is 2.54 bits per heavy atom. The highest BCUT2D eigenvalue weighted by atomic mass is 16.5. The number of benzene rings is 1. The minimum Gasteiger partial charge on any atom is -0.456 e. The summed E-state index contributed by atoms with van der Waals surface area (Å²) in [5, 5.41) is 0. The largest absolute Gasteiger partial charge is 0.456 e. The topological polar surface area (TPSA) is 72.6 Å². The van der Waals surface area contributed by atoms with Gasteiger partial charge in [0.15, 0.2) is 18.3 Å². The van der Waals surface area contributed by atoms with E-state index in [9.17, 15) is 9.59 Å². The van der Waals surface area contributed by atoms with Crippen molar-refractivity contribution in [2.24, 2.45) is 11.8 Å². The number of rotatable bonds is 6. The Bertz CT molecular complexity index is 802. The number of oxazole rings is 1. The molecule has 0 radical (unpaired) electrons. The summed E-state index contributed by atoms with van der Waals surface area (Å²) in [4.78, 5) is 30.3. The van der Waals surface area contributed by atoms with Crippen LogP contribution in [0.25, 0.3) is 11.3 Å². The molecule has 28 heavy (non-hydrogen) atoms. The third-order valence-electron chi connectivity index (χ3n) is 5.01. The number of piperidine rings is 1. The zero-order chi connectivity index (χ0) is 20.1. The van der Waals surface area contributed by atoms with Crippen molar-refractivity contribution in [3.05, 3.63) is 41.9 Å². The molecule has 0 bridgehead atoms. The minimum atomic E-state index is -0.415. The van der Waals surface area contributed by atoms with Crippen LogP contribution in [0, 0.1) is 18.8 Å². The fraction of sp³-hybridized carbons (Fsp3) is 0.500. The summed E-state index contributed by atoms with van der Waals surface area (Å²) < 4.78 is 10.9. The first-order valence-corrected chi connectivity index (χ1v) is 9.86. The van der Waals surface area contributed by atoms with Gasteiger partial charge in [-0.05, 0) is 25.2 Å². The molecule has 2 aromatic rings. The van der Waals surface area contributed by atoms with Gasteiger partial charge in [-0.15, -0.1) is 0 Å². The number of aryl methyl sites for hydroxylation is 2. The quantitative estimate of drug-likeness (QED) is 0.711. The Balaban J connectivity index is 1.43. The highest BCUT2D eigenvalue weighted by Gasteiger charge is 2.25. The van der Waals surface area contributed by atoms with Crippen LogP contribution in [-0.4, -0.2) is 41.5 Å². The van der Waals surface area contributed by atoms with Gasteiger partial charge in [0.2, 0.25) is 0 Å². The number of aromatic nitrogens is 1. The molecule has 1 amide bonds. The van der Waals surface area contributed by atoms with Gasteiger partial charge in [-0.1, -0.05) is 43.7 Å². The third kappa shape index (κ3) is 5.44. The molecule has 1 aliphatic heterocycles. The van der Waals surface area contributed by atoms with Gasteiger partial charge in [0.25, 0.3) is 5.91 Å². The van der Waals surface area contributed by atoms with Gasteiger partial charge in [-0.3, -0.25) is 9.59 Å². The molecule has 150 valence electrons. The monoisotopic (exact) mass is 384 g/mol. The van der Waals surface area contributed by atoms with Crippen molar-refractivity contribution in [3.63, 3.8) is 0 Å². The lowest BCUT2D eigenvalue weighted by atomic mass is 9.92. The SMILES string of the molecule is Cc1ccc(-c2cnc(CCC(=O)OCC(=O)N3CC(C)CC(C)C3)o2)cc1. The molecule has 0 saturated carbocycles. The van der Waals surface area contributed by atoms with E-state index in [1.54, 1.807) is 11.1 Å². The van der Waals surface area contributed by atoms with Crippen molar-refractivity contribution in [3.8, 4) is 11.3 Å². The summed E-state index contributed by atoms with van der Waals surface area (Å²) in [6.45, 7) is 7.58. The summed E-state index contributed by atoms with van der Waals surface area (Å²) >= 11 is 0. The zero-order valence-electron chi connectivity index (χ0n) is 16.8. The number of carbonyl (C=O) groups is 2. The number of ether oxygens (including phenoxy) is 1. The number of likely N-dealkylation sites (tertiary alicyclic amines) is 1. The van der Waals surface area contributed by atoms with Gasteiger partial charge in [-0.2, -0.15) is 0 Å². The molecule has 0 spiro atoms. The first-order valence-electron chi connectivity index (χ1n) is 9.86. The van der Waals surface area contributed by atoms with Crippen LogP contribution in [0.3, 0.4) is 0 Å². The van der Waals surface area contributed by atoms with Crippen molar-refractivity contribution in [2.45, 2.75) is 40.0 Å². The normalized spacial score (nSPS) is 19.5. The van der Waals surface area contributed by atoms with E-state index >= 15 is 0 Å². The van der Waals surface area contributed by atoms with Crippen LogP contribution in [-0.2, 0) is 20.7 Å². The molecule has 3 rings (SSSR count). The summed E-state index contributed by atoms with van der Waals surface area (Å²) in [6.07, 6.45) is 3.27. The zero-order valence-corrected chi connectivity index (χ0v) is 16.8. The standard InChI is InChI=1S/C22H28N2O4/c1-15-4-6-18(7-5-15)19-11-23-20(28-19)8-9-22(26)27-14-21(25)24-12-16(2)10-17(3)13-24/h4-7,11,16-17H,8-10,12-14H2,1-3H3. The summed E-state index contributed by atoms with van der Waals surface area (Å²) in [6, 6.07) is 7.97. The molecule has 1 aromatic heterocycles. The van der Waals surface area contributed by atoms with Crippen molar-refractivity contribution < 1.29 is 18.7 Å². The minimum absolute atomic E-state index is 0.121. The van der Waals surface area contributed by atoms with E-state index in [1.165, 1.54) is 5.56 Å². The van der Waals surface area contributed by atoms with Gasteiger partial charge in [-0.25, -0.2) is 4.98 Å². The smallest absolute Gasteiger partial charge is 0.306 e. The Hall–Kier alpha value is -2.63. The Kier molecular flexibility index (Phi) is 6.49. The molecule has 0 aliphatic carbocycles. The molecule has 1 aromatic carbocycles. The van der Waals surface area contributed by atoms with Crippen LogP contribution in [0.15, 0.2) is 34.9 Å². The van der Waals surface area contributed by atoms with Gasteiger partial charge in [0.1, 0.15) is 0 Å². The maximum absolute atomic E-state index is 12.3. The first-order chi connectivity index (χ1) is 13.4. The van der Waals surface area contributed by atoms with E-state index < -0.39 is 5.97 Å². The van der Waals surface area contributed by atoms with E-state index in [1.807, 2.05) is 31.2 Å². The molecule has 1 fully saturated rings. The van der Waals surface area contributed by atoms with E-state index in [2.05, 4.69) is 18.8 Å². The maximum atomic E-state index is 12.3. The van der Waals surface area contributed by atoms with Crippen LogP contribution in [0.1, 0.15) is 38.1 Å². The van der Waals surface area contributed by atoms with Gasteiger partial charge in [0.05, 0.1) is 12.6 Å². The van der Waals surface area contributed by atoms with Gasteiger partial charge < -0.3 is 14.1 Å². The summed E-state index contributed by atoms with van der Waals surface area (Å²) in [5.74, 6) is 1.59. The van der Waals surface area contributed by atoms with E-state index in [-0.39, 0.29) is 18.9 Å². The van der Waals surface area contributed by atoms with E-state index in [4.69, 9.17) is 9.15 Å². The predicted molar refractivity (Wildman–Crippen MR) is 105 cm³/mol. The third-order valence-corrected chi connectivity index (χ3v) is 5.01. The number of hydrogen-bond acceptors (Lipinski definition) is 5. The maximum Gasteiger partial charge on any atom is 0.306 e. The molecule has 0 N–H and O–H groups in total. The highest BCUT2D eigenvalue weighted by Crippen LogP contribution is 2.22. The average molecular weight is 384 g/mol. The molecular formula is C22H28N2O4. The first kappa shape index (κ1) is 20.1. The Labute approximate surface area is 165 Å². The Morgan fingerprint density at radius 2 is 1.86 bits per heavy atom. The predicted octanol–water partition coefficient (Wildman–Crippen LogP) is 3.63. The number of hydrogen-bond donors (Lipinski definition) is 0. The Morgan fingerprint density at radius 1 is 1.18 bits per heavy atom. The molecule has 6 nitrogen and oxygen atoms in total. The lowest BCUT2D eigenvalue weighted by Crippen LogP contribution is -2.44. The van der Waals surface area contributed by atoms with Crippen LogP contribution >= 0.6 is 0 Å². The second-order valence-corrected chi connectivity index (χ2v) is 7.89. The van der Waals surface area contributed by atoms with Crippen LogP contribution in [0.2, 0.25) is 0 Å². The lowest BCUT2D eigenvalue weighted by Gasteiger charge is -2.34. The number of nitrogens with zero attached hydrogens (tertiary/aromatic N) is 2. The van der Waals surface area contributed by atoms with Crippen LogP contribution in [0.5, 0.6) is 0 Å². The molecule has 2 atom stereocenters.